The number of anilines is 1. The molecule has 136 valence electrons. The zero-order valence-corrected chi connectivity index (χ0v) is 14.9. The maximum absolute atomic E-state index is 12.3. The number of methoxy groups -OCH3 is 1. The number of ether oxygens (including phenoxy) is 2. The molecule has 1 amide bonds. The van der Waals surface area contributed by atoms with Gasteiger partial charge in [-0.15, -0.1) is 0 Å². The molecule has 2 rings (SSSR count). The van der Waals surface area contributed by atoms with Gasteiger partial charge in [-0.05, 0) is 32.0 Å². The lowest BCUT2D eigenvalue weighted by atomic mass is 10.1. The van der Waals surface area contributed by atoms with E-state index in [0.29, 0.717) is 22.6 Å². The first kappa shape index (κ1) is 19.2. The summed E-state index contributed by atoms with van der Waals surface area (Å²) in [5.74, 6) is -0.636. The van der Waals surface area contributed by atoms with Gasteiger partial charge in [0.05, 0.1) is 19.2 Å². The third-order valence-corrected chi connectivity index (χ3v) is 3.77. The minimum atomic E-state index is -1.00. The van der Waals surface area contributed by atoms with Crippen molar-refractivity contribution in [1.82, 2.24) is 0 Å². The lowest BCUT2D eigenvalue weighted by molar-refractivity contribution is -0.152. The molecule has 2 aromatic carbocycles. The maximum atomic E-state index is 12.3. The van der Waals surface area contributed by atoms with Crippen LogP contribution in [0.25, 0.3) is 0 Å². The third-order valence-electron chi connectivity index (χ3n) is 3.77. The number of rotatable bonds is 7. The summed E-state index contributed by atoms with van der Waals surface area (Å²) in [5, 5.41) is 2.62. The van der Waals surface area contributed by atoms with Crippen LogP contribution < -0.4 is 10.1 Å². The summed E-state index contributed by atoms with van der Waals surface area (Å²) in [5.41, 5.74) is 1.46. The molecule has 2 aromatic rings. The molecule has 0 spiro atoms. The van der Waals surface area contributed by atoms with Crippen LogP contribution in [-0.4, -0.2) is 30.9 Å². The first-order chi connectivity index (χ1) is 12.4. The SMILES string of the molecule is COc1ccccc1CC(=O)OC(C)C(=O)Nc1ccccc1C(C)=O. The molecule has 6 heteroatoms. The number of hydrogen-bond donors (Lipinski definition) is 1. The van der Waals surface area contributed by atoms with Crippen molar-refractivity contribution >= 4 is 23.3 Å². The molecule has 0 aliphatic rings. The molecule has 0 fully saturated rings. The molecule has 0 bridgehead atoms. The van der Waals surface area contributed by atoms with Gasteiger partial charge >= 0.3 is 5.97 Å². The van der Waals surface area contributed by atoms with Crippen LogP contribution in [-0.2, 0) is 20.7 Å². The van der Waals surface area contributed by atoms with Gasteiger partial charge in [0, 0.05) is 11.1 Å². The Balaban J connectivity index is 1.99. The van der Waals surface area contributed by atoms with Crippen LogP contribution in [0.5, 0.6) is 5.75 Å². The molecule has 0 heterocycles. The number of amides is 1. The van der Waals surface area contributed by atoms with Gasteiger partial charge in [0.25, 0.3) is 5.91 Å². The molecule has 6 nitrogen and oxygen atoms in total. The number of nitrogens with one attached hydrogen (secondary N) is 1. The fourth-order valence-corrected chi connectivity index (χ4v) is 2.43. The molecule has 0 radical (unpaired) electrons. The van der Waals surface area contributed by atoms with E-state index in [1.165, 1.54) is 21.0 Å². The summed E-state index contributed by atoms with van der Waals surface area (Å²) >= 11 is 0. The van der Waals surface area contributed by atoms with Crippen molar-refractivity contribution in [3.63, 3.8) is 0 Å². The van der Waals surface area contributed by atoms with Gasteiger partial charge < -0.3 is 14.8 Å². The fraction of sp³-hybridized carbons (Fsp3) is 0.250. The predicted octanol–water partition coefficient (Wildman–Crippen LogP) is 3.01. The molecule has 0 aromatic heterocycles. The Hall–Kier alpha value is -3.15. The Morgan fingerprint density at radius 1 is 1.04 bits per heavy atom. The smallest absolute Gasteiger partial charge is 0.311 e. The summed E-state index contributed by atoms with van der Waals surface area (Å²) in [7, 11) is 1.52. The van der Waals surface area contributed by atoms with Crippen LogP contribution in [0.4, 0.5) is 5.69 Å². The second kappa shape index (κ2) is 8.80. The van der Waals surface area contributed by atoms with Gasteiger partial charge in [-0.2, -0.15) is 0 Å². The van der Waals surface area contributed by atoms with E-state index in [0.717, 1.165) is 0 Å². The number of esters is 1. The molecule has 1 N–H and O–H groups in total. The highest BCUT2D eigenvalue weighted by molar-refractivity contribution is 6.04. The molecular weight excluding hydrogens is 334 g/mol. The molecule has 26 heavy (non-hydrogen) atoms. The Morgan fingerprint density at radius 2 is 1.69 bits per heavy atom. The minimum absolute atomic E-state index is 0.00827. The standard InChI is InChI=1S/C20H21NO5/c1-13(22)16-9-5-6-10-17(16)21-20(24)14(2)26-19(23)12-15-8-4-7-11-18(15)25-3/h4-11,14H,12H2,1-3H3,(H,21,24). The van der Waals surface area contributed by atoms with E-state index >= 15 is 0 Å². The molecule has 0 aliphatic carbocycles. The number of hydrogen-bond acceptors (Lipinski definition) is 5. The monoisotopic (exact) mass is 355 g/mol. The van der Waals surface area contributed by atoms with E-state index < -0.39 is 18.0 Å². The second-order valence-electron chi connectivity index (χ2n) is 5.71. The first-order valence-corrected chi connectivity index (χ1v) is 8.14. The number of carbonyl (C=O) groups is 3. The number of benzene rings is 2. The molecule has 0 saturated carbocycles. The largest absolute Gasteiger partial charge is 0.496 e. The van der Waals surface area contributed by atoms with E-state index in [1.54, 1.807) is 48.5 Å². The Labute approximate surface area is 152 Å². The summed E-state index contributed by atoms with van der Waals surface area (Å²) in [6.07, 6.45) is -1.01. The number of carbonyl (C=O) groups excluding carboxylic acids is 3. The quantitative estimate of drug-likeness (QED) is 0.610. The van der Waals surface area contributed by atoms with Crippen LogP contribution in [0.3, 0.4) is 0 Å². The highest BCUT2D eigenvalue weighted by Gasteiger charge is 2.20. The molecule has 1 atom stereocenters. The van der Waals surface area contributed by atoms with Crippen molar-refractivity contribution in [2.24, 2.45) is 0 Å². The highest BCUT2D eigenvalue weighted by Crippen LogP contribution is 2.19. The first-order valence-electron chi connectivity index (χ1n) is 8.14. The summed E-state index contributed by atoms with van der Waals surface area (Å²) in [4.78, 5) is 36.0. The van der Waals surface area contributed by atoms with E-state index in [9.17, 15) is 14.4 Å². The number of Topliss-reactive ketones (excluding diaryl/α,β-unsaturated/α-hetero) is 1. The molecule has 0 saturated heterocycles. The van der Waals surface area contributed by atoms with Crippen molar-refractivity contribution < 1.29 is 23.9 Å². The second-order valence-corrected chi connectivity index (χ2v) is 5.71. The summed E-state index contributed by atoms with van der Waals surface area (Å²) in [6, 6.07) is 13.8. The van der Waals surface area contributed by atoms with Crippen molar-refractivity contribution in [2.75, 3.05) is 12.4 Å². The molecular formula is C20H21NO5. The van der Waals surface area contributed by atoms with Gasteiger partial charge in [-0.1, -0.05) is 30.3 Å². The van der Waals surface area contributed by atoms with Crippen molar-refractivity contribution in [3.8, 4) is 5.75 Å². The zero-order valence-electron chi connectivity index (χ0n) is 14.9. The van der Waals surface area contributed by atoms with Gasteiger partial charge in [-0.25, -0.2) is 0 Å². The van der Waals surface area contributed by atoms with Gasteiger partial charge in [0.1, 0.15) is 5.75 Å². The van der Waals surface area contributed by atoms with Crippen LogP contribution >= 0.6 is 0 Å². The van der Waals surface area contributed by atoms with E-state index in [1.807, 2.05) is 0 Å². The summed E-state index contributed by atoms with van der Waals surface area (Å²) < 4.78 is 10.4. The van der Waals surface area contributed by atoms with E-state index in [4.69, 9.17) is 9.47 Å². The number of para-hydroxylation sites is 2. The Morgan fingerprint density at radius 3 is 2.38 bits per heavy atom. The predicted molar refractivity (Wildman–Crippen MR) is 97.3 cm³/mol. The van der Waals surface area contributed by atoms with Gasteiger partial charge in [0.15, 0.2) is 11.9 Å². The molecule has 1 unspecified atom stereocenters. The van der Waals surface area contributed by atoms with E-state index in [2.05, 4.69) is 5.32 Å². The van der Waals surface area contributed by atoms with Crippen molar-refractivity contribution in [1.29, 1.82) is 0 Å². The van der Waals surface area contributed by atoms with Gasteiger partial charge in [-0.3, -0.25) is 14.4 Å². The lowest BCUT2D eigenvalue weighted by Gasteiger charge is -2.15. The Bertz CT molecular complexity index is 815. The van der Waals surface area contributed by atoms with Crippen LogP contribution in [0, 0.1) is 0 Å². The Kier molecular flexibility index (Phi) is 6.49. The van der Waals surface area contributed by atoms with E-state index in [-0.39, 0.29) is 12.2 Å². The van der Waals surface area contributed by atoms with Crippen molar-refractivity contribution in [2.45, 2.75) is 26.4 Å². The van der Waals surface area contributed by atoms with Crippen molar-refractivity contribution in [3.05, 3.63) is 59.7 Å². The minimum Gasteiger partial charge on any atom is -0.496 e. The zero-order chi connectivity index (χ0) is 19.1. The molecule has 0 aliphatic heterocycles. The van der Waals surface area contributed by atoms with Crippen LogP contribution in [0.15, 0.2) is 48.5 Å². The van der Waals surface area contributed by atoms with Crippen LogP contribution in [0.2, 0.25) is 0 Å². The average Bonchev–Trinajstić information content (AvgIpc) is 2.62. The normalized spacial score (nSPS) is 11.3. The average molecular weight is 355 g/mol. The topological polar surface area (TPSA) is 81.7 Å². The highest BCUT2D eigenvalue weighted by atomic mass is 16.5. The maximum Gasteiger partial charge on any atom is 0.311 e. The summed E-state index contributed by atoms with van der Waals surface area (Å²) in [6.45, 7) is 2.90. The van der Waals surface area contributed by atoms with Crippen LogP contribution in [0.1, 0.15) is 29.8 Å². The third kappa shape index (κ3) is 4.92. The lowest BCUT2D eigenvalue weighted by Crippen LogP contribution is -2.31. The van der Waals surface area contributed by atoms with Gasteiger partial charge in [0.2, 0.25) is 0 Å². The fourth-order valence-electron chi connectivity index (χ4n) is 2.43. The number of ketones is 1.